The third-order valence-corrected chi connectivity index (χ3v) is 8.01. The Bertz CT molecular complexity index is 1540. The summed E-state index contributed by atoms with van der Waals surface area (Å²) in [5, 5.41) is 9.73. The van der Waals surface area contributed by atoms with E-state index in [1.54, 1.807) is 18.3 Å². The highest BCUT2D eigenvalue weighted by Crippen LogP contribution is 2.39. The Morgan fingerprint density at radius 2 is 1.81 bits per heavy atom. The Balaban J connectivity index is 1.34. The van der Waals surface area contributed by atoms with E-state index in [4.69, 9.17) is 10.1 Å². The van der Waals surface area contributed by atoms with Gasteiger partial charge in [-0.15, -0.1) is 5.10 Å². The zero-order chi connectivity index (χ0) is 24.1. The second-order valence-corrected chi connectivity index (χ2v) is 10.1. The van der Waals surface area contributed by atoms with Gasteiger partial charge in [0.15, 0.2) is 5.65 Å². The van der Waals surface area contributed by atoms with E-state index in [1.807, 2.05) is 28.9 Å². The van der Waals surface area contributed by atoms with Crippen molar-refractivity contribution in [2.45, 2.75) is 25.7 Å². The summed E-state index contributed by atoms with van der Waals surface area (Å²) in [6, 6.07) is 14.7. The van der Waals surface area contributed by atoms with Crippen LogP contribution in [0.2, 0.25) is 0 Å². The number of nitrogens with zero attached hydrogens (tertiary/aromatic N) is 5. The summed E-state index contributed by atoms with van der Waals surface area (Å²) in [6.45, 7) is 4.29. The van der Waals surface area contributed by atoms with Crippen molar-refractivity contribution < 1.29 is 4.39 Å². The van der Waals surface area contributed by atoms with Crippen LogP contribution in [0.25, 0.3) is 39.2 Å². The zero-order valence-corrected chi connectivity index (χ0v) is 20.0. The molecule has 1 aromatic carbocycles. The molecule has 2 aliphatic rings. The fraction of sp³-hybridized carbons (Fsp3) is 0.321. The van der Waals surface area contributed by atoms with Crippen molar-refractivity contribution >= 4 is 22.5 Å². The fourth-order valence-electron chi connectivity index (χ4n) is 5.98. The highest BCUT2D eigenvalue weighted by molar-refractivity contribution is 5.96. The highest BCUT2D eigenvalue weighted by atomic mass is 19.1. The van der Waals surface area contributed by atoms with Crippen LogP contribution in [-0.4, -0.2) is 50.7 Å². The van der Waals surface area contributed by atoms with Gasteiger partial charge in [0, 0.05) is 48.5 Å². The Kier molecular flexibility index (Phi) is 5.02. The van der Waals surface area contributed by atoms with E-state index in [9.17, 15) is 4.39 Å². The van der Waals surface area contributed by atoms with Gasteiger partial charge >= 0.3 is 0 Å². The first kappa shape index (κ1) is 21.5. The number of aromatic amines is 1. The number of imidazole rings is 1. The van der Waals surface area contributed by atoms with Gasteiger partial charge in [-0.25, -0.2) is 18.9 Å². The SMILES string of the molecule is Fc1ccc(-c2nc3ccc(N4CCC5(CCCNC5)CC4)nn3c2-c2ccnc3[nH]ccc23)cc1. The lowest BCUT2D eigenvalue weighted by Gasteiger charge is -2.44. The molecule has 0 aliphatic carbocycles. The molecule has 1 spiro atoms. The molecule has 8 heteroatoms. The molecule has 6 heterocycles. The smallest absolute Gasteiger partial charge is 0.155 e. The number of halogens is 1. The summed E-state index contributed by atoms with van der Waals surface area (Å²) < 4.78 is 15.7. The molecule has 36 heavy (non-hydrogen) atoms. The maximum Gasteiger partial charge on any atom is 0.155 e. The number of piperidine rings is 2. The molecule has 0 atom stereocenters. The van der Waals surface area contributed by atoms with Crippen LogP contribution in [0, 0.1) is 11.2 Å². The molecule has 0 amide bonds. The first-order chi connectivity index (χ1) is 17.7. The van der Waals surface area contributed by atoms with Gasteiger partial charge in [-0.3, -0.25) is 0 Å². The Morgan fingerprint density at radius 3 is 2.61 bits per heavy atom. The van der Waals surface area contributed by atoms with Gasteiger partial charge < -0.3 is 15.2 Å². The third-order valence-electron chi connectivity index (χ3n) is 8.01. The number of hydrogen-bond acceptors (Lipinski definition) is 5. The van der Waals surface area contributed by atoms with Crippen LogP contribution in [0.15, 0.2) is 60.9 Å². The van der Waals surface area contributed by atoms with Gasteiger partial charge in [0.1, 0.15) is 23.0 Å². The van der Waals surface area contributed by atoms with Gasteiger partial charge in [-0.2, -0.15) is 0 Å². The predicted molar refractivity (Wildman–Crippen MR) is 139 cm³/mol. The average molecular weight is 482 g/mol. The van der Waals surface area contributed by atoms with Gasteiger partial charge in [0.05, 0.1) is 5.69 Å². The number of nitrogens with one attached hydrogen (secondary N) is 2. The summed E-state index contributed by atoms with van der Waals surface area (Å²) in [5.74, 6) is 0.697. The lowest BCUT2D eigenvalue weighted by Crippen LogP contribution is -2.48. The number of H-pyrrole nitrogens is 1. The number of hydrogen-bond donors (Lipinski definition) is 2. The number of benzene rings is 1. The molecule has 0 radical (unpaired) electrons. The van der Waals surface area contributed by atoms with Crippen molar-refractivity contribution in [1.82, 2.24) is 29.9 Å². The predicted octanol–water partition coefficient (Wildman–Crippen LogP) is 5.05. The first-order valence-electron chi connectivity index (χ1n) is 12.7. The molecule has 0 saturated carbocycles. The van der Waals surface area contributed by atoms with Crippen LogP contribution >= 0.6 is 0 Å². The quantitative estimate of drug-likeness (QED) is 0.377. The molecule has 182 valence electrons. The van der Waals surface area contributed by atoms with Gasteiger partial charge in [-0.05, 0) is 86.2 Å². The fourth-order valence-corrected chi connectivity index (χ4v) is 5.98. The van der Waals surface area contributed by atoms with Crippen LogP contribution < -0.4 is 10.2 Å². The topological polar surface area (TPSA) is 74.1 Å². The Labute approximate surface area is 208 Å². The van der Waals surface area contributed by atoms with E-state index >= 15 is 0 Å². The van der Waals surface area contributed by atoms with Crippen molar-refractivity contribution in [3.63, 3.8) is 0 Å². The molecule has 2 saturated heterocycles. The molecule has 7 rings (SSSR count). The normalized spacial score (nSPS) is 17.9. The maximum atomic E-state index is 13.7. The number of anilines is 1. The van der Waals surface area contributed by atoms with Crippen LogP contribution in [0.1, 0.15) is 25.7 Å². The van der Waals surface area contributed by atoms with E-state index in [-0.39, 0.29) is 5.82 Å². The van der Waals surface area contributed by atoms with Gasteiger partial charge in [-0.1, -0.05) is 0 Å². The maximum absolute atomic E-state index is 13.7. The number of pyridine rings is 1. The monoisotopic (exact) mass is 481 g/mol. The standard InChI is InChI=1S/C28H28FN7/c29-20-4-2-19(3-5-20)25-26(21-8-14-31-27-22(21)9-15-32-27)36-23(33-25)6-7-24(34-36)35-16-11-28(12-17-35)10-1-13-30-18-28/h2-9,14-15,30H,1,10-13,16-18H2,(H,31,32). The molecule has 0 unspecified atom stereocenters. The lowest BCUT2D eigenvalue weighted by atomic mass is 9.73. The largest absolute Gasteiger partial charge is 0.355 e. The highest BCUT2D eigenvalue weighted by Gasteiger charge is 2.36. The van der Waals surface area contributed by atoms with E-state index in [0.717, 1.165) is 71.2 Å². The summed E-state index contributed by atoms with van der Waals surface area (Å²) in [4.78, 5) is 15.0. The molecule has 5 aromatic rings. The van der Waals surface area contributed by atoms with Crippen LogP contribution in [0.3, 0.4) is 0 Å². The molecule has 7 nitrogen and oxygen atoms in total. The molecule has 2 aliphatic heterocycles. The summed E-state index contributed by atoms with van der Waals surface area (Å²) in [5.41, 5.74) is 5.51. The first-order valence-corrected chi connectivity index (χ1v) is 12.7. The second kappa shape index (κ2) is 8.41. The molecule has 4 aromatic heterocycles. The lowest BCUT2D eigenvalue weighted by molar-refractivity contribution is 0.161. The Morgan fingerprint density at radius 1 is 0.944 bits per heavy atom. The van der Waals surface area contributed by atoms with Crippen molar-refractivity contribution in [1.29, 1.82) is 0 Å². The minimum atomic E-state index is -0.266. The number of aromatic nitrogens is 5. The van der Waals surface area contributed by atoms with Crippen molar-refractivity contribution in [2.24, 2.45) is 5.41 Å². The number of rotatable bonds is 3. The van der Waals surface area contributed by atoms with Crippen molar-refractivity contribution in [3.05, 3.63) is 66.7 Å². The van der Waals surface area contributed by atoms with Crippen LogP contribution in [-0.2, 0) is 0 Å². The molecule has 2 fully saturated rings. The van der Waals surface area contributed by atoms with Crippen molar-refractivity contribution in [2.75, 3.05) is 31.1 Å². The average Bonchev–Trinajstić information content (AvgIpc) is 3.55. The summed E-state index contributed by atoms with van der Waals surface area (Å²) in [7, 11) is 0. The minimum Gasteiger partial charge on any atom is -0.355 e. The molecule has 0 bridgehead atoms. The third kappa shape index (κ3) is 3.55. The van der Waals surface area contributed by atoms with E-state index < -0.39 is 0 Å². The van der Waals surface area contributed by atoms with E-state index in [2.05, 4.69) is 26.3 Å². The van der Waals surface area contributed by atoms with E-state index in [0.29, 0.717) is 5.41 Å². The number of fused-ring (bicyclic) bond motifs is 2. The van der Waals surface area contributed by atoms with Gasteiger partial charge in [0.2, 0.25) is 0 Å². The van der Waals surface area contributed by atoms with Crippen LogP contribution in [0.5, 0.6) is 0 Å². The minimum absolute atomic E-state index is 0.266. The second-order valence-electron chi connectivity index (χ2n) is 10.1. The zero-order valence-electron chi connectivity index (χ0n) is 20.0. The van der Waals surface area contributed by atoms with Crippen molar-refractivity contribution in [3.8, 4) is 22.5 Å². The molecule has 2 N–H and O–H groups in total. The van der Waals surface area contributed by atoms with E-state index in [1.165, 1.54) is 37.8 Å². The molecular weight excluding hydrogens is 453 g/mol. The Hall–Kier alpha value is -3.78. The van der Waals surface area contributed by atoms with Crippen LogP contribution in [0.4, 0.5) is 10.2 Å². The summed E-state index contributed by atoms with van der Waals surface area (Å²) in [6.07, 6.45) is 8.66. The summed E-state index contributed by atoms with van der Waals surface area (Å²) >= 11 is 0. The molecular formula is C28H28FN7. The van der Waals surface area contributed by atoms with Gasteiger partial charge in [0.25, 0.3) is 0 Å².